The standard InChI is InChI=1S/C16H20I2O4/c1-10(2)8-20-9-11-6-12(17)14(13(18)7-11)21-15(19)22-16(3,4)5/h6-7H,1,8-9H2,2-5H3. The van der Waals surface area contributed by atoms with E-state index < -0.39 is 11.8 Å². The molecule has 0 saturated carbocycles. The van der Waals surface area contributed by atoms with E-state index in [2.05, 4.69) is 51.8 Å². The van der Waals surface area contributed by atoms with Gasteiger partial charge in [-0.3, -0.25) is 0 Å². The Morgan fingerprint density at radius 2 is 1.77 bits per heavy atom. The number of ether oxygens (including phenoxy) is 3. The van der Waals surface area contributed by atoms with Crippen molar-refractivity contribution in [2.75, 3.05) is 6.61 Å². The van der Waals surface area contributed by atoms with Gasteiger partial charge in [-0.1, -0.05) is 12.2 Å². The largest absolute Gasteiger partial charge is 0.514 e. The zero-order valence-corrected chi connectivity index (χ0v) is 17.5. The lowest BCUT2D eigenvalue weighted by atomic mass is 10.2. The molecule has 0 amide bonds. The average molecular weight is 530 g/mol. The van der Waals surface area contributed by atoms with Crippen molar-refractivity contribution in [3.63, 3.8) is 0 Å². The molecule has 122 valence electrons. The van der Waals surface area contributed by atoms with Gasteiger partial charge in [0.15, 0.2) is 5.75 Å². The van der Waals surface area contributed by atoms with Crippen LogP contribution in [0.1, 0.15) is 33.3 Å². The fourth-order valence-corrected chi connectivity index (χ4v) is 3.61. The maximum Gasteiger partial charge on any atom is 0.514 e. The van der Waals surface area contributed by atoms with Crippen LogP contribution in [0.4, 0.5) is 4.79 Å². The van der Waals surface area contributed by atoms with Gasteiger partial charge < -0.3 is 14.2 Å². The maximum absolute atomic E-state index is 11.8. The number of hydrogen-bond donors (Lipinski definition) is 0. The van der Waals surface area contributed by atoms with Crippen LogP contribution in [-0.4, -0.2) is 18.4 Å². The highest BCUT2D eigenvalue weighted by molar-refractivity contribution is 14.1. The van der Waals surface area contributed by atoms with Gasteiger partial charge >= 0.3 is 6.16 Å². The molecule has 0 spiro atoms. The summed E-state index contributed by atoms with van der Waals surface area (Å²) in [6.07, 6.45) is -0.699. The second-order valence-corrected chi connectivity index (χ2v) is 8.23. The lowest BCUT2D eigenvalue weighted by molar-refractivity contribution is 0.0202. The van der Waals surface area contributed by atoms with Gasteiger partial charge in [0.05, 0.1) is 20.4 Å². The van der Waals surface area contributed by atoms with E-state index in [0.717, 1.165) is 18.3 Å². The Bertz CT molecular complexity index is 539. The topological polar surface area (TPSA) is 44.8 Å². The van der Waals surface area contributed by atoms with E-state index in [9.17, 15) is 4.79 Å². The quantitative estimate of drug-likeness (QED) is 0.225. The fraction of sp³-hybridized carbons (Fsp3) is 0.438. The molecule has 0 unspecified atom stereocenters. The maximum atomic E-state index is 11.8. The molecule has 0 atom stereocenters. The van der Waals surface area contributed by atoms with Crippen LogP contribution >= 0.6 is 45.2 Å². The van der Waals surface area contributed by atoms with Crippen LogP contribution in [0.2, 0.25) is 0 Å². The third-order valence-corrected chi connectivity index (χ3v) is 3.85. The van der Waals surface area contributed by atoms with Crippen molar-refractivity contribution in [1.29, 1.82) is 0 Å². The summed E-state index contributed by atoms with van der Waals surface area (Å²) < 4.78 is 17.7. The molecule has 4 nitrogen and oxygen atoms in total. The summed E-state index contributed by atoms with van der Waals surface area (Å²) in [6, 6.07) is 3.86. The van der Waals surface area contributed by atoms with Gasteiger partial charge in [0.1, 0.15) is 5.60 Å². The fourth-order valence-electron chi connectivity index (χ4n) is 1.49. The molecular weight excluding hydrogens is 510 g/mol. The number of carbonyl (C=O) groups excluding carboxylic acids is 1. The SMILES string of the molecule is C=C(C)COCc1cc(I)c(OC(=O)OC(C)(C)C)c(I)c1. The molecule has 0 saturated heterocycles. The van der Waals surface area contributed by atoms with E-state index in [1.165, 1.54) is 0 Å². The number of benzene rings is 1. The summed E-state index contributed by atoms with van der Waals surface area (Å²) in [4.78, 5) is 11.8. The Balaban J connectivity index is 2.77. The Kier molecular flexibility index (Phi) is 7.60. The van der Waals surface area contributed by atoms with Crippen LogP contribution in [-0.2, 0) is 16.1 Å². The molecule has 6 heteroatoms. The minimum Gasteiger partial charge on any atom is -0.428 e. The third-order valence-electron chi connectivity index (χ3n) is 2.25. The summed E-state index contributed by atoms with van der Waals surface area (Å²) in [6.45, 7) is 12.1. The first kappa shape index (κ1) is 19.7. The van der Waals surface area contributed by atoms with E-state index in [0.29, 0.717) is 19.0 Å². The van der Waals surface area contributed by atoms with E-state index >= 15 is 0 Å². The summed E-state index contributed by atoms with van der Waals surface area (Å²) in [5.41, 5.74) is 1.42. The Hall–Kier alpha value is -0.350. The smallest absolute Gasteiger partial charge is 0.428 e. The summed E-state index contributed by atoms with van der Waals surface area (Å²) >= 11 is 4.27. The van der Waals surface area contributed by atoms with E-state index in [1.807, 2.05) is 19.1 Å². The molecule has 1 aromatic rings. The number of halogens is 2. The van der Waals surface area contributed by atoms with Crippen LogP contribution in [0, 0.1) is 7.14 Å². The highest BCUT2D eigenvalue weighted by atomic mass is 127. The van der Waals surface area contributed by atoms with Crippen LogP contribution in [0.3, 0.4) is 0 Å². The normalized spacial score (nSPS) is 11.2. The van der Waals surface area contributed by atoms with Crippen LogP contribution in [0.15, 0.2) is 24.3 Å². The highest BCUT2D eigenvalue weighted by Gasteiger charge is 2.20. The Morgan fingerprint density at radius 3 is 2.23 bits per heavy atom. The molecule has 0 aromatic heterocycles. The average Bonchev–Trinajstić information content (AvgIpc) is 2.31. The molecule has 1 rings (SSSR count). The van der Waals surface area contributed by atoms with Crippen molar-refractivity contribution in [1.82, 2.24) is 0 Å². The zero-order chi connectivity index (χ0) is 16.9. The van der Waals surface area contributed by atoms with E-state index in [-0.39, 0.29) is 0 Å². The number of rotatable bonds is 5. The molecule has 0 aliphatic carbocycles. The van der Waals surface area contributed by atoms with Crippen LogP contribution in [0.25, 0.3) is 0 Å². The lowest BCUT2D eigenvalue weighted by Crippen LogP contribution is -2.26. The molecule has 0 aliphatic rings. The predicted molar refractivity (Wildman–Crippen MR) is 103 cm³/mol. The Labute approximate surface area is 158 Å². The van der Waals surface area contributed by atoms with Gasteiger partial charge in [-0.15, -0.1) is 0 Å². The lowest BCUT2D eigenvalue weighted by Gasteiger charge is -2.19. The minimum absolute atomic E-state index is 0.492. The summed E-state index contributed by atoms with van der Waals surface area (Å²) in [7, 11) is 0. The Morgan fingerprint density at radius 1 is 1.23 bits per heavy atom. The number of hydrogen-bond acceptors (Lipinski definition) is 4. The molecular formula is C16H20I2O4. The molecule has 0 bridgehead atoms. The second kappa shape index (κ2) is 8.49. The van der Waals surface area contributed by atoms with Gasteiger partial charge in [0.2, 0.25) is 0 Å². The molecule has 22 heavy (non-hydrogen) atoms. The van der Waals surface area contributed by atoms with Crippen molar-refractivity contribution in [3.05, 3.63) is 37.0 Å². The second-order valence-electron chi connectivity index (χ2n) is 5.90. The molecule has 0 N–H and O–H groups in total. The molecule has 0 heterocycles. The first-order chi connectivity index (χ1) is 10.1. The van der Waals surface area contributed by atoms with Crippen LogP contribution < -0.4 is 4.74 Å². The van der Waals surface area contributed by atoms with Crippen molar-refractivity contribution in [3.8, 4) is 5.75 Å². The zero-order valence-electron chi connectivity index (χ0n) is 13.2. The predicted octanol–water partition coefficient (Wildman–Crippen LogP) is 5.30. The molecule has 0 aliphatic heterocycles. The van der Waals surface area contributed by atoms with Crippen molar-refractivity contribution in [2.45, 2.75) is 39.9 Å². The van der Waals surface area contributed by atoms with Gasteiger partial charge in [-0.25, -0.2) is 4.79 Å². The minimum atomic E-state index is -0.699. The summed E-state index contributed by atoms with van der Waals surface area (Å²) in [5, 5.41) is 0. The number of carbonyl (C=O) groups is 1. The van der Waals surface area contributed by atoms with E-state index in [1.54, 1.807) is 20.8 Å². The van der Waals surface area contributed by atoms with E-state index in [4.69, 9.17) is 14.2 Å². The van der Waals surface area contributed by atoms with Crippen molar-refractivity contribution >= 4 is 51.3 Å². The van der Waals surface area contributed by atoms with Crippen LogP contribution in [0.5, 0.6) is 5.75 Å². The third kappa shape index (κ3) is 7.28. The molecule has 1 aromatic carbocycles. The first-order valence-electron chi connectivity index (χ1n) is 6.69. The van der Waals surface area contributed by atoms with Gasteiger partial charge in [-0.2, -0.15) is 0 Å². The van der Waals surface area contributed by atoms with Crippen molar-refractivity contribution < 1.29 is 19.0 Å². The molecule has 0 radical (unpaired) electrons. The molecule has 0 fully saturated rings. The van der Waals surface area contributed by atoms with Crippen molar-refractivity contribution in [2.24, 2.45) is 0 Å². The monoisotopic (exact) mass is 530 g/mol. The first-order valence-corrected chi connectivity index (χ1v) is 8.85. The summed E-state index contributed by atoms with van der Waals surface area (Å²) in [5.74, 6) is 0.513. The van der Waals surface area contributed by atoms with Gasteiger partial charge in [-0.05, 0) is 90.6 Å². The van der Waals surface area contributed by atoms with Gasteiger partial charge in [0, 0.05) is 0 Å². The highest BCUT2D eigenvalue weighted by Crippen LogP contribution is 2.30. The van der Waals surface area contributed by atoms with Gasteiger partial charge in [0.25, 0.3) is 0 Å².